The van der Waals surface area contributed by atoms with Crippen molar-refractivity contribution in [2.45, 2.75) is 38.8 Å². The molecule has 0 radical (unpaired) electrons. The number of alkyl halides is 3. The van der Waals surface area contributed by atoms with E-state index >= 15 is 0 Å². The number of aromatic carboxylic acids is 1. The minimum absolute atomic E-state index is 0.0148. The SMILES string of the molecule is CC(C)c1nc(CCC(F)(F)F)ncc1C(=O)O. The lowest BCUT2D eigenvalue weighted by molar-refractivity contribution is -0.134. The molecular formula is C11H13F3N2O2. The quantitative estimate of drug-likeness (QED) is 0.906. The monoisotopic (exact) mass is 262 g/mol. The molecule has 1 heterocycles. The van der Waals surface area contributed by atoms with Gasteiger partial charge >= 0.3 is 12.1 Å². The largest absolute Gasteiger partial charge is 0.478 e. The van der Waals surface area contributed by atoms with E-state index in [2.05, 4.69) is 9.97 Å². The van der Waals surface area contributed by atoms with Crippen LogP contribution in [-0.2, 0) is 6.42 Å². The fourth-order valence-electron chi connectivity index (χ4n) is 1.41. The Kier molecular flexibility index (Phi) is 4.26. The summed E-state index contributed by atoms with van der Waals surface area (Å²) < 4.78 is 36.2. The molecule has 1 aromatic rings. The summed E-state index contributed by atoms with van der Waals surface area (Å²) >= 11 is 0. The Bertz CT molecular complexity index is 444. The van der Waals surface area contributed by atoms with Crippen LogP contribution in [0.4, 0.5) is 13.2 Å². The smallest absolute Gasteiger partial charge is 0.389 e. The van der Waals surface area contributed by atoms with Crippen LogP contribution in [0.3, 0.4) is 0 Å². The number of carboxylic acids is 1. The first-order chi connectivity index (χ1) is 8.20. The van der Waals surface area contributed by atoms with Gasteiger partial charge in [0.05, 0.1) is 17.7 Å². The van der Waals surface area contributed by atoms with Gasteiger partial charge in [-0.2, -0.15) is 13.2 Å². The predicted octanol–water partition coefficient (Wildman–Crippen LogP) is 2.79. The molecule has 0 amide bonds. The molecule has 0 atom stereocenters. The first kappa shape index (κ1) is 14.4. The van der Waals surface area contributed by atoms with Crippen molar-refractivity contribution in [3.8, 4) is 0 Å². The van der Waals surface area contributed by atoms with Crippen molar-refractivity contribution in [3.05, 3.63) is 23.3 Å². The van der Waals surface area contributed by atoms with Crippen molar-refractivity contribution in [1.82, 2.24) is 9.97 Å². The van der Waals surface area contributed by atoms with Gasteiger partial charge in [-0.1, -0.05) is 13.8 Å². The van der Waals surface area contributed by atoms with Crippen molar-refractivity contribution in [2.24, 2.45) is 0 Å². The van der Waals surface area contributed by atoms with Crippen LogP contribution in [0.25, 0.3) is 0 Å². The minimum atomic E-state index is -4.27. The lowest BCUT2D eigenvalue weighted by Gasteiger charge is -2.10. The predicted molar refractivity (Wildman–Crippen MR) is 57.5 cm³/mol. The molecule has 7 heteroatoms. The van der Waals surface area contributed by atoms with Gasteiger partial charge < -0.3 is 5.11 Å². The van der Waals surface area contributed by atoms with Crippen LogP contribution in [0.5, 0.6) is 0 Å². The lowest BCUT2D eigenvalue weighted by atomic mass is 10.1. The van der Waals surface area contributed by atoms with Gasteiger partial charge in [0.25, 0.3) is 0 Å². The highest BCUT2D eigenvalue weighted by atomic mass is 19.4. The van der Waals surface area contributed by atoms with Crippen LogP contribution < -0.4 is 0 Å². The van der Waals surface area contributed by atoms with Crippen molar-refractivity contribution >= 4 is 5.97 Å². The average Bonchev–Trinajstić information content (AvgIpc) is 2.24. The van der Waals surface area contributed by atoms with E-state index in [-0.39, 0.29) is 29.4 Å². The number of carboxylic acid groups (broad SMARTS) is 1. The number of halogens is 3. The molecule has 0 saturated carbocycles. The van der Waals surface area contributed by atoms with Crippen molar-refractivity contribution in [1.29, 1.82) is 0 Å². The van der Waals surface area contributed by atoms with Gasteiger partial charge in [0.2, 0.25) is 0 Å². The summed E-state index contributed by atoms with van der Waals surface area (Å²) in [4.78, 5) is 18.5. The highest BCUT2D eigenvalue weighted by Crippen LogP contribution is 2.22. The number of nitrogens with zero attached hydrogens (tertiary/aromatic N) is 2. The molecule has 0 fully saturated rings. The second-order valence-corrected chi connectivity index (χ2v) is 4.16. The molecule has 0 spiro atoms. The van der Waals surface area contributed by atoms with Gasteiger partial charge in [-0.3, -0.25) is 0 Å². The normalized spacial score (nSPS) is 11.9. The summed E-state index contributed by atoms with van der Waals surface area (Å²) in [7, 11) is 0. The number of carbonyl (C=O) groups is 1. The summed E-state index contributed by atoms with van der Waals surface area (Å²) in [6.07, 6.45) is -4.57. The number of rotatable bonds is 4. The van der Waals surface area contributed by atoms with Crippen molar-refractivity contribution in [2.75, 3.05) is 0 Å². The standard InChI is InChI=1S/C11H13F3N2O2/c1-6(2)9-7(10(17)18)5-15-8(16-9)3-4-11(12,13)14/h5-6H,3-4H2,1-2H3,(H,17,18). The zero-order valence-corrected chi connectivity index (χ0v) is 9.95. The summed E-state index contributed by atoms with van der Waals surface area (Å²) in [5, 5.41) is 8.90. The van der Waals surface area contributed by atoms with Crippen LogP contribution in [0.15, 0.2) is 6.20 Å². The number of hydrogen-bond donors (Lipinski definition) is 1. The molecule has 0 aliphatic carbocycles. The van der Waals surface area contributed by atoms with Crippen LogP contribution in [0.1, 0.15) is 48.1 Å². The third kappa shape index (κ3) is 3.97. The Balaban J connectivity index is 2.97. The van der Waals surface area contributed by atoms with Crippen LogP contribution in [-0.4, -0.2) is 27.2 Å². The highest BCUT2D eigenvalue weighted by molar-refractivity contribution is 5.88. The van der Waals surface area contributed by atoms with Gasteiger partial charge in [0, 0.05) is 12.6 Å². The Morgan fingerprint density at radius 1 is 1.44 bits per heavy atom. The van der Waals surface area contributed by atoms with Crippen LogP contribution >= 0.6 is 0 Å². The van der Waals surface area contributed by atoms with E-state index in [1.165, 1.54) is 0 Å². The molecule has 100 valence electrons. The van der Waals surface area contributed by atoms with E-state index in [1.807, 2.05) is 0 Å². The number of aryl methyl sites for hydroxylation is 1. The summed E-state index contributed by atoms with van der Waals surface area (Å²) in [6.45, 7) is 3.45. The third-order valence-corrected chi connectivity index (χ3v) is 2.28. The summed E-state index contributed by atoms with van der Waals surface area (Å²) in [5.74, 6) is -1.36. The Labute approximate surface area is 102 Å². The fraction of sp³-hybridized carbons (Fsp3) is 0.545. The zero-order valence-electron chi connectivity index (χ0n) is 9.95. The Morgan fingerprint density at radius 2 is 2.06 bits per heavy atom. The lowest BCUT2D eigenvalue weighted by Crippen LogP contribution is -2.13. The molecule has 4 nitrogen and oxygen atoms in total. The van der Waals surface area contributed by atoms with E-state index in [1.54, 1.807) is 13.8 Å². The molecule has 18 heavy (non-hydrogen) atoms. The second-order valence-electron chi connectivity index (χ2n) is 4.16. The number of aromatic nitrogens is 2. The summed E-state index contributed by atoms with van der Waals surface area (Å²) in [5.41, 5.74) is 0.190. The van der Waals surface area contributed by atoms with Crippen LogP contribution in [0.2, 0.25) is 0 Å². The van der Waals surface area contributed by atoms with E-state index in [0.717, 1.165) is 6.20 Å². The average molecular weight is 262 g/mol. The highest BCUT2D eigenvalue weighted by Gasteiger charge is 2.27. The van der Waals surface area contributed by atoms with Crippen LogP contribution in [0, 0.1) is 0 Å². The first-order valence-corrected chi connectivity index (χ1v) is 5.36. The number of hydrogen-bond acceptors (Lipinski definition) is 3. The Morgan fingerprint density at radius 3 is 2.50 bits per heavy atom. The van der Waals surface area contributed by atoms with Crippen molar-refractivity contribution < 1.29 is 23.1 Å². The van der Waals surface area contributed by atoms with Gasteiger partial charge in [0.1, 0.15) is 5.82 Å². The van der Waals surface area contributed by atoms with Gasteiger partial charge in [-0.15, -0.1) is 0 Å². The molecule has 1 aromatic heterocycles. The second kappa shape index (κ2) is 5.32. The van der Waals surface area contributed by atoms with E-state index in [9.17, 15) is 18.0 Å². The summed E-state index contributed by atoms with van der Waals surface area (Å²) in [6, 6.07) is 0. The van der Waals surface area contributed by atoms with E-state index in [0.29, 0.717) is 0 Å². The van der Waals surface area contributed by atoms with E-state index < -0.39 is 18.6 Å². The van der Waals surface area contributed by atoms with Gasteiger partial charge in [-0.05, 0) is 5.92 Å². The Hall–Kier alpha value is -1.66. The molecule has 1 N–H and O–H groups in total. The molecule has 0 aliphatic rings. The maximum Gasteiger partial charge on any atom is 0.389 e. The first-order valence-electron chi connectivity index (χ1n) is 5.36. The molecule has 0 aliphatic heterocycles. The van der Waals surface area contributed by atoms with Crippen molar-refractivity contribution in [3.63, 3.8) is 0 Å². The van der Waals surface area contributed by atoms with Gasteiger partial charge in [0.15, 0.2) is 0 Å². The molecule has 1 rings (SSSR count). The topological polar surface area (TPSA) is 63.1 Å². The van der Waals surface area contributed by atoms with Gasteiger partial charge in [-0.25, -0.2) is 14.8 Å². The fourth-order valence-corrected chi connectivity index (χ4v) is 1.41. The van der Waals surface area contributed by atoms with E-state index in [4.69, 9.17) is 5.11 Å². The molecular weight excluding hydrogens is 249 g/mol. The minimum Gasteiger partial charge on any atom is -0.478 e. The maximum absolute atomic E-state index is 12.1. The molecule has 0 bridgehead atoms. The molecule has 0 unspecified atom stereocenters. The molecule has 0 aromatic carbocycles. The zero-order chi connectivity index (χ0) is 13.9. The third-order valence-electron chi connectivity index (χ3n) is 2.28. The molecule has 0 saturated heterocycles. The maximum atomic E-state index is 12.1.